The highest BCUT2D eigenvalue weighted by Gasteiger charge is 2.33. The molecule has 4 nitrogen and oxygen atoms in total. The van der Waals surface area contributed by atoms with E-state index in [1.54, 1.807) is 7.11 Å². The summed E-state index contributed by atoms with van der Waals surface area (Å²) in [5.41, 5.74) is 9.88. The number of aliphatic imine (C=N–C) groups is 1. The van der Waals surface area contributed by atoms with Crippen molar-refractivity contribution < 1.29 is 4.74 Å². The molecule has 0 saturated heterocycles. The number of nitrogens with two attached hydrogens (primary N) is 1. The number of hydrogen-bond donors (Lipinski definition) is 2. The van der Waals surface area contributed by atoms with E-state index in [4.69, 9.17) is 10.5 Å². The minimum atomic E-state index is -0.0930. The summed E-state index contributed by atoms with van der Waals surface area (Å²) in [5.74, 6) is 0.483. The minimum absolute atomic E-state index is 0.0930. The minimum Gasteiger partial charge on any atom is -0.376 e. The summed E-state index contributed by atoms with van der Waals surface area (Å²) in [6.45, 7) is 0.646. The number of anilines is 1. The van der Waals surface area contributed by atoms with Gasteiger partial charge in [-0.1, -0.05) is 18.9 Å². The van der Waals surface area contributed by atoms with Crippen molar-refractivity contribution in [3.63, 3.8) is 0 Å². The zero-order valence-electron chi connectivity index (χ0n) is 12.8. The quantitative estimate of drug-likeness (QED) is 0.661. The molecule has 0 amide bonds. The number of hydrogen-bond acceptors (Lipinski definition) is 2. The molecule has 0 atom stereocenters. The lowest BCUT2D eigenvalue weighted by Gasteiger charge is -2.25. The molecule has 3 rings (SSSR count). The summed E-state index contributed by atoms with van der Waals surface area (Å²) in [6, 6.07) is 6.49. The van der Waals surface area contributed by atoms with Gasteiger partial charge < -0.3 is 15.8 Å². The standard InChI is InChI=1S/C17H25N3O/c1-21-17(9-2-3-10-17)12-19-16(18)20-15-8-7-13-5-4-6-14(13)11-15/h7-8,11H,2-6,9-10,12H2,1H3,(H3,18,19,20). The van der Waals surface area contributed by atoms with E-state index >= 15 is 0 Å². The molecule has 2 aliphatic carbocycles. The van der Waals surface area contributed by atoms with Crippen molar-refractivity contribution in [2.24, 2.45) is 10.7 Å². The Bertz CT molecular complexity index is 533. The van der Waals surface area contributed by atoms with Crippen LogP contribution in [0, 0.1) is 0 Å². The van der Waals surface area contributed by atoms with Gasteiger partial charge in [0.25, 0.3) is 0 Å². The van der Waals surface area contributed by atoms with Crippen LogP contribution >= 0.6 is 0 Å². The van der Waals surface area contributed by atoms with Gasteiger partial charge in [0.05, 0.1) is 12.1 Å². The highest BCUT2D eigenvalue weighted by molar-refractivity contribution is 5.92. The first kappa shape index (κ1) is 14.4. The Labute approximate surface area is 126 Å². The average Bonchev–Trinajstić information content (AvgIpc) is 3.14. The van der Waals surface area contributed by atoms with Gasteiger partial charge in [-0.2, -0.15) is 0 Å². The Morgan fingerprint density at radius 2 is 2.00 bits per heavy atom. The van der Waals surface area contributed by atoms with Crippen molar-refractivity contribution in [1.82, 2.24) is 0 Å². The molecule has 4 heteroatoms. The number of guanidine groups is 1. The molecule has 114 valence electrons. The Morgan fingerprint density at radius 1 is 1.24 bits per heavy atom. The van der Waals surface area contributed by atoms with Crippen LogP contribution in [0.2, 0.25) is 0 Å². The van der Waals surface area contributed by atoms with Crippen LogP contribution in [0.4, 0.5) is 5.69 Å². The second-order valence-electron chi connectivity index (χ2n) is 6.26. The summed E-state index contributed by atoms with van der Waals surface area (Å²) in [6.07, 6.45) is 8.25. The first-order valence-corrected chi connectivity index (χ1v) is 7.95. The van der Waals surface area contributed by atoms with Gasteiger partial charge in [-0.05, 0) is 55.4 Å². The van der Waals surface area contributed by atoms with Crippen LogP contribution in [0.1, 0.15) is 43.2 Å². The van der Waals surface area contributed by atoms with Crippen LogP contribution in [0.3, 0.4) is 0 Å². The number of aryl methyl sites for hydroxylation is 2. The van der Waals surface area contributed by atoms with E-state index in [0.717, 1.165) is 18.5 Å². The zero-order chi connectivity index (χ0) is 14.7. The van der Waals surface area contributed by atoms with Crippen LogP contribution in [-0.2, 0) is 17.6 Å². The molecule has 0 aromatic heterocycles. The third kappa shape index (κ3) is 3.21. The van der Waals surface area contributed by atoms with Crippen LogP contribution in [0.25, 0.3) is 0 Å². The normalized spacial score (nSPS) is 20.5. The number of methoxy groups -OCH3 is 1. The number of nitrogens with zero attached hydrogens (tertiary/aromatic N) is 1. The smallest absolute Gasteiger partial charge is 0.193 e. The van der Waals surface area contributed by atoms with Gasteiger partial charge in [-0.15, -0.1) is 0 Å². The van der Waals surface area contributed by atoms with Gasteiger partial charge in [0, 0.05) is 12.8 Å². The van der Waals surface area contributed by atoms with Gasteiger partial charge in [0.2, 0.25) is 0 Å². The third-order valence-corrected chi connectivity index (χ3v) is 4.86. The number of ether oxygens (including phenoxy) is 1. The van der Waals surface area contributed by atoms with Crippen molar-refractivity contribution in [2.45, 2.75) is 50.5 Å². The lowest BCUT2D eigenvalue weighted by molar-refractivity contribution is 0.00429. The maximum absolute atomic E-state index is 6.03. The monoisotopic (exact) mass is 287 g/mol. The zero-order valence-corrected chi connectivity index (χ0v) is 12.8. The predicted octanol–water partition coefficient (Wildman–Crippen LogP) is 2.86. The van der Waals surface area contributed by atoms with Crippen molar-refractivity contribution in [1.29, 1.82) is 0 Å². The average molecular weight is 287 g/mol. The molecule has 0 unspecified atom stereocenters. The van der Waals surface area contributed by atoms with E-state index < -0.39 is 0 Å². The maximum Gasteiger partial charge on any atom is 0.193 e. The summed E-state index contributed by atoms with van der Waals surface area (Å²) in [4.78, 5) is 4.50. The van der Waals surface area contributed by atoms with E-state index in [2.05, 4.69) is 28.5 Å². The van der Waals surface area contributed by atoms with E-state index in [-0.39, 0.29) is 5.60 Å². The Kier molecular flexibility index (Phi) is 4.15. The maximum atomic E-state index is 6.03. The molecule has 3 N–H and O–H groups in total. The van der Waals surface area contributed by atoms with Gasteiger partial charge in [-0.25, -0.2) is 0 Å². The SMILES string of the molecule is COC1(CN=C(N)Nc2ccc3c(c2)CCC3)CCCC1. The summed E-state index contributed by atoms with van der Waals surface area (Å²) >= 11 is 0. The predicted molar refractivity (Wildman–Crippen MR) is 86.8 cm³/mol. The van der Waals surface area contributed by atoms with Crippen LogP contribution in [0.5, 0.6) is 0 Å². The second-order valence-corrected chi connectivity index (χ2v) is 6.26. The molecule has 1 aromatic carbocycles. The number of rotatable bonds is 4. The molecular formula is C17H25N3O. The number of fused-ring (bicyclic) bond motifs is 1. The van der Waals surface area contributed by atoms with Gasteiger partial charge in [-0.3, -0.25) is 4.99 Å². The lowest BCUT2D eigenvalue weighted by atomic mass is 10.0. The van der Waals surface area contributed by atoms with Crippen molar-refractivity contribution >= 4 is 11.6 Å². The van der Waals surface area contributed by atoms with E-state index in [1.165, 1.54) is 43.2 Å². The van der Waals surface area contributed by atoms with Crippen LogP contribution in [0.15, 0.2) is 23.2 Å². The lowest BCUT2D eigenvalue weighted by Crippen LogP contribution is -2.33. The first-order valence-electron chi connectivity index (χ1n) is 7.95. The second kappa shape index (κ2) is 6.06. The van der Waals surface area contributed by atoms with Crippen molar-refractivity contribution in [3.8, 4) is 0 Å². The van der Waals surface area contributed by atoms with Crippen LogP contribution < -0.4 is 11.1 Å². The fourth-order valence-corrected chi connectivity index (χ4v) is 3.51. The van der Waals surface area contributed by atoms with Gasteiger partial charge in [0.15, 0.2) is 5.96 Å². The fraction of sp³-hybridized carbons (Fsp3) is 0.588. The van der Waals surface area contributed by atoms with E-state index in [1.807, 2.05) is 0 Å². The molecule has 0 spiro atoms. The first-order chi connectivity index (χ1) is 10.2. The largest absolute Gasteiger partial charge is 0.376 e. The van der Waals surface area contributed by atoms with E-state index in [9.17, 15) is 0 Å². The Balaban J connectivity index is 1.63. The molecule has 2 aliphatic rings. The molecule has 1 fully saturated rings. The molecule has 0 heterocycles. The highest BCUT2D eigenvalue weighted by atomic mass is 16.5. The van der Waals surface area contributed by atoms with Gasteiger partial charge >= 0.3 is 0 Å². The summed E-state index contributed by atoms with van der Waals surface area (Å²) < 4.78 is 5.67. The molecule has 1 saturated carbocycles. The number of nitrogens with one attached hydrogen (secondary N) is 1. The molecular weight excluding hydrogens is 262 g/mol. The molecule has 21 heavy (non-hydrogen) atoms. The Morgan fingerprint density at radius 3 is 2.76 bits per heavy atom. The third-order valence-electron chi connectivity index (χ3n) is 4.86. The van der Waals surface area contributed by atoms with E-state index in [0.29, 0.717) is 12.5 Å². The highest BCUT2D eigenvalue weighted by Crippen LogP contribution is 2.32. The number of benzene rings is 1. The van der Waals surface area contributed by atoms with Gasteiger partial charge in [0.1, 0.15) is 0 Å². The fourth-order valence-electron chi connectivity index (χ4n) is 3.51. The molecule has 0 aliphatic heterocycles. The Hall–Kier alpha value is -1.55. The molecule has 1 aromatic rings. The van der Waals surface area contributed by atoms with Crippen molar-refractivity contribution in [3.05, 3.63) is 29.3 Å². The van der Waals surface area contributed by atoms with Crippen molar-refractivity contribution in [2.75, 3.05) is 19.0 Å². The molecule has 0 radical (unpaired) electrons. The topological polar surface area (TPSA) is 59.6 Å². The molecule has 0 bridgehead atoms. The summed E-state index contributed by atoms with van der Waals surface area (Å²) in [5, 5.41) is 3.21. The summed E-state index contributed by atoms with van der Waals surface area (Å²) in [7, 11) is 1.78. The van der Waals surface area contributed by atoms with Crippen LogP contribution in [-0.4, -0.2) is 25.2 Å².